The lowest BCUT2D eigenvalue weighted by Crippen LogP contribution is -2.41. The summed E-state index contributed by atoms with van der Waals surface area (Å²) in [5.74, 6) is 0.697. The van der Waals surface area contributed by atoms with Crippen LogP contribution in [0.5, 0.6) is 0 Å². The van der Waals surface area contributed by atoms with E-state index in [1.54, 1.807) is 24.9 Å². The SMILES string of the molecule is CCS(=O)(=O)NCCNC(=NC)NCc1ccnn1C. The number of aryl methyl sites for hydroxylation is 1. The normalized spacial score (nSPS) is 12.4. The van der Waals surface area contributed by atoms with Gasteiger partial charge in [-0.15, -0.1) is 0 Å². The average molecular weight is 302 g/mol. The first-order valence-corrected chi connectivity index (χ1v) is 8.02. The zero-order chi connectivity index (χ0) is 15.0. The van der Waals surface area contributed by atoms with Gasteiger partial charge in [-0.05, 0) is 13.0 Å². The molecule has 0 radical (unpaired) electrons. The molecule has 0 saturated carbocycles. The van der Waals surface area contributed by atoms with Crippen molar-refractivity contribution in [2.24, 2.45) is 12.0 Å². The fourth-order valence-corrected chi connectivity index (χ4v) is 2.08. The van der Waals surface area contributed by atoms with Crippen LogP contribution >= 0.6 is 0 Å². The summed E-state index contributed by atoms with van der Waals surface area (Å²) >= 11 is 0. The Morgan fingerprint density at radius 1 is 1.40 bits per heavy atom. The minimum atomic E-state index is -3.14. The zero-order valence-electron chi connectivity index (χ0n) is 12.0. The Morgan fingerprint density at radius 3 is 2.70 bits per heavy atom. The van der Waals surface area contributed by atoms with Gasteiger partial charge in [0.25, 0.3) is 0 Å². The van der Waals surface area contributed by atoms with Crippen molar-refractivity contribution in [3.63, 3.8) is 0 Å². The van der Waals surface area contributed by atoms with E-state index in [-0.39, 0.29) is 5.75 Å². The minimum Gasteiger partial charge on any atom is -0.355 e. The molecule has 8 nitrogen and oxygen atoms in total. The van der Waals surface area contributed by atoms with Gasteiger partial charge < -0.3 is 10.6 Å². The third kappa shape index (κ3) is 5.57. The van der Waals surface area contributed by atoms with E-state index in [0.717, 1.165) is 5.69 Å². The number of rotatable bonds is 7. The van der Waals surface area contributed by atoms with Crippen LogP contribution in [0.15, 0.2) is 17.3 Å². The lowest BCUT2D eigenvalue weighted by molar-refractivity contribution is 0.581. The predicted molar refractivity (Wildman–Crippen MR) is 78.9 cm³/mol. The zero-order valence-corrected chi connectivity index (χ0v) is 12.9. The number of hydrogen-bond donors (Lipinski definition) is 3. The second-order valence-electron chi connectivity index (χ2n) is 4.10. The van der Waals surface area contributed by atoms with Gasteiger partial charge in [-0.1, -0.05) is 0 Å². The molecule has 0 unspecified atom stereocenters. The fraction of sp³-hybridized carbons (Fsp3) is 0.636. The van der Waals surface area contributed by atoms with E-state index in [4.69, 9.17) is 0 Å². The van der Waals surface area contributed by atoms with Gasteiger partial charge >= 0.3 is 0 Å². The Bertz CT molecular complexity index is 537. The number of aliphatic imine (C=N–C) groups is 1. The number of aromatic nitrogens is 2. The predicted octanol–water partition coefficient (Wildman–Crippen LogP) is -0.976. The number of nitrogens with one attached hydrogen (secondary N) is 3. The topological polar surface area (TPSA) is 100 Å². The van der Waals surface area contributed by atoms with Gasteiger partial charge in [0.1, 0.15) is 0 Å². The van der Waals surface area contributed by atoms with Gasteiger partial charge in [0, 0.05) is 33.4 Å². The first kappa shape index (κ1) is 16.4. The Hall–Kier alpha value is -1.61. The maximum absolute atomic E-state index is 11.2. The summed E-state index contributed by atoms with van der Waals surface area (Å²) in [5, 5.41) is 10.2. The first-order chi connectivity index (χ1) is 9.48. The molecule has 1 aromatic rings. The van der Waals surface area contributed by atoms with Crippen molar-refractivity contribution in [3.8, 4) is 0 Å². The molecule has 20 heavy (non-hydrogen) atoms. The summed E-state index contributed by atoms with van der Waals surface area (Å²) < 4.78 is 26.7. The molecule has 1 rings (SSSR count). The molecule has 3 N–H and O–H groups in total. The number of guanidine groups is 1. The molecular weight excluding hydrogens is 280 g/mol. The Morgan fingerprint density at radius 2 is 2.15 bits per heavy atom. The third-order valence-corrected chi connectivity index (χ3v) is 4.11. The van der Waals surface area contributed by atoms with Gasteiger partial charge in [-0.25, -0.2) is 13.1 Å². The third-order valence-electron chi connectivity index (χ3n) is 2.70. The summed E-state index contributed by atoms with van der Waals surface area (Å²) in [6.07, 6.45) is 1.73. The molecule has 0 fully saturated rings. The van der Waals surface area contributed by atoms with Crippen LogP contribution in [0.3, 0.4) is 0 Å². The van der Waals surface area contributed by atoms with E-state index in [1.165, 1.54) is 0 Å². The summed E-state index contributed by atoms with van der Waals surface area (Å²) in [6, 6.07) is 1.91. The maximum atomic E-state index is 11.2. The Kier molecular flexibility index (Phi) is 6.46. The first-order valence-electron chi connectivity index (χ1n) is 6.37. The molecule has 9 heteroatoms. The standard InChI is InChI=1S/C11H22N6O2S/c1-4-20(18,19)16-8-7-13-11(12-2)14-9-10-5-6-15-17(10)3/h5-6,16H,4,7-9H2,1-3H3,(H2,12,13,14). The highest BCUT2D eigenvalue weighted by Gasteiger charge is 2.05. The summed E-state index contributed by atoms with van der Waals surface area (Å²) in [6.45, 7) is 2.98. The van der Waals surface area contributed by atoms with E-state index >= 15 is 0 Å². The van der Waals surface area contributed by atoms with Crippen LogP contribution in [-0.2, 0) is 23.6 Å². The highest BCUT2D eigenvalue weighted by atomic mass is 32.2. The van der Waals surface area contributed by atoms with Crippen molar-refractivity contribution >= 4 is 16.0 Å². The van der Waals surface area contributed by atoms with Gasteiger partial charge in [-0.3, -0.25) is 9.67 Å². The number of sulfonamides is 1. The van der Waals surface area contributed by atoms with Crippen molar-refractivity contribution in [2.45, 2.75) is 13.5 Å². The van der Waals surface area contributed by atoms with Crippen LogP contribution < -0.4 is 15.4 Å². The van der Waals surface area contributed by atoms with Crippen LogP contribution in [0.25, 0.3) is 0 Å². The van der Waals surface area contributed by atoms with Crippen LogP contribution in [-0.4, -0.2) is 50.0 Å². The van der Waals surface area contributed by atoms with Crippen molar-refractivity contribution in [1.82, 2.24) is 25.1 Å². The quantitative estimate of drug-likeness (QED) is 0.342. The second kappa shape index (κ2) is 7.85. The van der Waals surface area contributed by atoms with Crippen molar-refractivity contribution in [2.75, 3.05) is 25.9 Å². The van der Waals surface area contributed by atoms with Crippen LogP contribution in [0.4, 0.5) is 0 Å². The second-order valence-corrected chi connectivity index (χ2v) is 6.19. The van der Waals surface area contributed by atoms with E-state index in [0.29, 0.717) is 25.6 Å². The van der Waals surface area contributed by atoms with Crippen LogP contribution in [0, 0.1) is 0 Å². The number of hydrogen-bond acceptors (Lipinski definition) is 4. The lowest BCUT2D eigenvalue weighted by Gasteiger charge is -2.12. The molecular formula is C11H22N6O2S. The molecule has 0 amide bonds. The molecule has 0 saturated heterocycles. The summed E-state index contributed by atoms with van der Waals surface area (Å²) in [4.78, 5) is 4.06. The van der Waals surface area contributed by atoms with Gasteiger partial charge in [0.15, 0.2) is 5.96 Å². The maximum Gasteiger partial charge on any atom is 0.211 e. The fourth-order valence-electron chi connectivity index (χ4n) is 1.46. The van der Waals surface area contributed by atoms with E-state index in [2.05, 4.69) is 25.4 Å². The van der Waals surface area contributed by atoms with Crippen LogP contribution in [0.2, 0.25) is 0 Å². The molecule has 1 aromatic heterocycles. The molecule has 114 valence electrons. The molecule has 0 spiro atoms. The smallest absolute Gasteiger partial charge is 0.211 e. The van der Waals surface area contributed by atoms with Crippen molar-refractivity contribution < 1.29 is 8.42 Å². The van der Waals surface area contributed by atoms with Crippen molar-refractivity contribution in [3.05, 3.63) is 18.0 Å². The Balaban J connectivity index is 2.29. The summed E-state index contributed by atoms with van der Waals surface area (Å²) in [5.41, 5.74) is 1.03. The van der Waals surface area contributed by atoms with Gasteiger partial charge in [0.2, 0.25) is 10.0 Å². The monoisotopic (exact) mass is 302 g/mol. The van der Waals surface area contributed by atoms with Crippen molar-refractivity contribution in [1.29, 1.82) is 0 Å². The molecule has 0 bridgehead atoms. The number of nitrogens with zero attached hydrogens (tertiary/aromatic N) is 3. The molecule has 0 aliphatic carbocycles. The highest BCUT2D eigenvalue weighted by molar-refractivity contribution is 7.89. The molecule has 1 heterocycles. The lowest BCUT2D eigenvalue weighted by atomic mass is 10.4. The average Bonchev–Trinajstić information content (AvgIpc) is 2.83. The Labute approximate surface area is 119 Å². The van der Waals surface area contributed by atoms with Crippen LogP contribution in [0.1, 0.15) is 12.6 Å². The molecule has 0 aliphatic rings. The highest BCUT2D eigenvalue weighted by Crippen LogP contribution is 1.94. The largest absolute Gasteiger partial charge is 0.355 e. The summed E-state index contributed by atoms with van der Waals surface area (Å²) in [7, 11) is 0.390. The van der Waals surface area contributed by atoms with Gasteiger partial charge in [0.05, 0.1) is 18.0 Å². The van der Waals surface area contributed by atoms with E-state index in [1.807, 2.05) is 13.1 Å². The molecule has 0 atom stereocenters. The minimum absolute atomic E-state index is 0.0838. The van der Waals surface area contributed by atoms with E-state index < -0.39 is 10.0 Å². The molecule has 0 aliphatic heterocycles. The molecule has 0 aromatic carbocycles. The van der Waals surface area contributed by atoms with Gasteiger partial charge in [-0.2, -0.15) is 5.10 Å². The van der Waals surface area contributed by atoms with E-state index in [9.17, 15) is 8.42 Å².